The Labute approximate surface area is 143 Å². The summed E-state index contributed by atoms with van der Waals surface area (Å²) in [7, 11) is 3.68. The number of halogens is 2. The van der Waals surface area contributed by atoms with Crippen LogP contribution in [0.2, 0.25) is 0 Å². The largest absolute Gasteiger partial charge is 0.496 e. The Morgan fingerprint density at radius 2 is 1.86 bits per heavy atom. The maximum atomic E-state index is 5.29. The molecule has 1 N–H and O–H groups in total. The Hall–Kier alpha value is -0.840. The van der Waals surface area contributed by atoms with E-state index in [0.29, 0.717) is 5.92 Å². The zero-order valence-electron chi connectivity index (χ0n) is 12.2. The van der Waals surface area contributed by atoms with Crippen molar-refractivity contribution >= 4 is 31.9 Å². The van der Waals surface area contributed by atoms with Crippen LogP contribution >= 0.6 is 31.9 Å². The first-order valence-corrected chi connectivity index (χ1v) is 8.45. The van der Waals surface area contributed by atoms with E-state index in [1.54, 1.807) is 7.11 Å². The molecule has 0 bridgehead atoms. The Bertz CT molecular complexity index is 601. The first kappa shape index (κ1) is 16.5. The SMILES string of the molecule is CNCC(Cc1ccc(OC)c(Br)c1)c1ccccc1Br. The highest BCUT2D eigenvalue weighted by molar-refractivity contribution is 9.10. The fraction of sp³-hybridized carbons (Fsp3) is 0.294. The average Bonchev–Trinajstić information content (AvgIpc) is 2.47. The molecule has 4 heteroatoms. The van der Waals surface area contributed by atoms with Crippen molar-refractivity contribution in [3.8, 4) is 5.75 Å². The zero-order chi connectivity index (χ0) is 15.2. The van der Waals surface area contributed by atoms with E-state index in [9.17, 15) is 0 Å². The van der Waals surface area contributed by atoms with Gasteiger partial charge in [0.15, 0.2) is 0 Å². The molecule has 0 fully saturated rings. The van der Waals surface area contributed by atoms with Gasteiger partial charge in [0.2, 0.25) is 0 Å². The number of ether oxygens (including phenoxy) is 1. The third-order valence-electron chi connectivity index (χ3n) is 3.49. The molecule has 0 saturated carbocycles. The van der Waals surface area contributed by atoms with Gasteiger partial charge in [-0.3, -0.25) is 0 Å². The van der Waals surface area contributed by atoms with E-state index in [2.05, 4.69) is 67.5 Å². The van der Waals surface area contributed by atoms with Gasteiger partial charge in [0.1, 0.15) is 5.75 Å². The van der Waals surface area contributed by atoms with Crippen molar-refractivity contribution in [2.75, 3.05) is 20.7 Å². The second-order valence-electron chi connectivity index (χ2n) is 4.95. The van der Waals surface area contributed by atoms with Gasteiger partial charge in [-0.25, -0.2) is 0 Å². The smallest absolute Gasteiger partial charge is 0.133 e. The summed E-state index contributed by atoms with van der Waals surface area (Å²) in [5.41, 5.74) is 2.62. The normalized spacial score (nSPS) is 12.2. The number of methoxy groups -OCH3 is 1. The monoisotopic (exact) mass is 411 g/mol. The molecule has 21 heavy (non-hydrogen) atoms. The van der Waals surface area contributed by atoms with Crippen molar-refractivity contribution in [3.63, 3.8) is 0 Å². The standard InChI is InChI=1S/C17H19Br2NO/c1-20-11-13(14-5-3-4-6-15(14)18)9-12-7-8-17(21-2)16(19)10-12/h3-8,10,13,20H,9,11H2,1-2H3. The van der Waals surface area contributed by atoms with Gasteiger partial charge in [0.05, 0.1) is 11.6 Å². The van der Waals surface area contributed by atoms with Crippen LogP contribution in [0.3, 0.4) is 0 Å². The van der Waals surface area contributed by atoms with Crippen LogP contribution in [0, 0.1) is 0 Å². The second kappa shape index (κ2) is 7.97. The highest BCUT2D eigenvalue weighted by atomic mass is 79.9. The van der Waals surface area contributed by atoms with Crippen LogP contribution < -0.4 is 10.1 Å². The predicted octanol–water partition coefficient (Wildman–Crippen LogP) is 4.77. The highest BCUT2D eigenvalue weighted by Crippen LogP contribution is 2.30. The van der Waals surface area contributed by atoms with E-state index in [4.69, 9.17) is 4.74 Å². The van der Waals surface area contributed by atoms with Crippen LogP contribution in [0.4, 0.5) is 0 Å². The van der Waals surface area contributed by atoms with Gasteiger partial charge >= 0.3 is 0 Å². The lowest BCUT2D eigenvalue weighted by molar-refractivity contribution is 0.412. The van der Waals surface area contributed by atoms with Crippen LogP contribution in [0.25, 0.3) is 0 Å². The first-order valence-electron chi connectivity index (χ1n) is 6.87. The van der Waals surface area contributed by atoms with Gasteiger partial charge in [-0.1, -0.05) is 40.2 Å². The van der Waals surface area contributed by atoms with Crippen molar-refractivity contribution in [3.05, 3.63) is 62.5 Å². The van der Waals surface area contributed by atoms with Gasteiger partial charge in [-0.2, -0.15) is 0 Å². The van der Waals surface area contributed by atoms with Crippen molar-refractivity contribution < 1.29 is 4.74 Å². The molecule has 112 valence electrons. The first-order chi connectivity index (χ1) is 10.2. The van der Waals surface area contributed by atoms with Gasteiger partial charge in [0.25, 0.3) is 0 Å². The fourth-order valence-electron chi connectivity index (χ4n) is 2.47. The van der Waals surface area contributed by atoms with E-state index in [1.807, 2.05) is 19.2 Å². The van der Waals surface area contributed by atoms with E-state index < -0.39 is 0 Å². The van der Waals surface area contributed by atoms with E-state index in [1.165, 1.54) is 11.1 Å². The third-order valence-corrected chi connectivity index (χ3v) is 4.84. The van der Waals surface area contributed by atoms with Crippen LogP contribution in [0.15, 0.2) is 51.4 Å². The molecule has 0 aliphatic rings. The summed E-state index contributed by atoms with van der Waals surface area (Å²) in [6.07, 6.45) is 0.978. The summed E-state index contributed by atoms with van der Waals surface area (Å²) >= 11 is 7.22. The number of rotatable bonds is 6. The fourth-order valence-corrected chi connectivity index (χ4v) is 3.66. The van der Waals surface area contributed by atoms with Crippen molar-refractivity contribution in [1.82, 2.24) is 5.32 Å². The molecule has 1 atom stereocenters. The minimum Gasteiger partial charge on any atom is -0.496 e. The summed E-state index contributed by atoms with van der Waals surface area (Å²) in [6.45, 7) is 0.937. The zero-order valence-corrected chi connectivity index (χ0v) is 15.4. The molecule has 0 spiro atoms. The molecule has 0 aromatic heterocycles. The lowest BCUT2D eigenvalue weighted by Crippen LogP contribution is -2.19. The average molecular weight is 413 g/mol. The van der Waals surface area contributed by atoms with Crippen LogP contribution in [-0.4, -0.2) is 20.7 Å². The lowest BCUT2D eigenvalue weighted by atomic mass is 9.92. The topological polar surface area (TPSA) is 21.3 Å². The van der Waals surface area contributed by atoms with Gasteiger partial charge in [-0.05, 0) is 58.7 Å². The van der Waals surface area contributed by atoms with Crippen LogP contribution in [0.1, 0.15) is 17.0 Å². The summed E-state index contributed by atoms with van der Waals surface area (Å²) in [5, 5.41) is 3.29. The molecule has 0 saturated heterocycles. The minimum absolute atomic E-state index is 0.422. The molecule has 0 aliphatic carbocycles. The maximum absolute atomic E-state index is 5.29. The molecule has 0 radical (unpaired) electrons. The summed E-state index contributed by atoms with van der Waals surface area (Å²) in [6, 6.07) is 14.7. The third kappa shape index (κ3) is 4.31. The molecule has 0 amide bonds. The molecule has 2 aromatic carbocycles. The Balaban J connectivity index is 2.24. The number of hydrogen-bond donors (Lipinski definition) is 1. The Kier molecular flexibility index (Phi) is 6.27. The molecule has 0 heterocycles. The maximum Gasteiger partial charge on any atom is 0.133 e. The summed E-state index contributed by atoms with van der Waals surface area (Å²) in [4.78, 5) is 0. The summed E-state index contributed by atoms with van der Waals surface area (Å²) < 4.78 is 7.45. The summed E-state index contributed by atoms with van der Waals surface area (Å²) in [5.74, 6) is 1.29. The van der Waals surface area contributed by atoms with Crippen LogP contribution in [-0.2, 0) is 6.42 Å². The predicted molar refractivity (Wildman–Crippen MR) is 95.2 cm³/mol. The minimum atomic E-state index is 0.422. The quantitative estimate of drug-likeness (QED) is 0.737. The molecule has 2 aromatic rings. The van der Waals surface area contributed by atoms with E-state index in [-0.39, 0.29) is 0 Å². The second-order valence-corrected chi connectivity index (χ2v) is 6.66. The van der Waals surface area contributed by atoms with Crippen molar-refractivity contribution in [1.29, 1.82) is 0 Å². The van der Waals surface area contributed by atoms with Crippen LogP contribution in [0.5, 0.6) is 5.75 Å². The van der Waals surface area contributed by atoms with Crippen molar-refractivity contribution in [2.45, 2.75) is 12.3 Å². The number of likely N-dealkylation sites (N-methyl/N-ethyl adjacent to an activating group) is 1. The lowest BCUT2D eigenvalue weighted by Gasteiger charge is -2.19. The van der Waals surface area contributed by atoms with E-state index in [0.717, 1.165) is 27.7 Å². The molecular weight excluding hydrogens is 394 g/mol. The van der Waals surface area contributed by atoms with Crippen molar-refractivity contribution in [2.24, 2.45) is 0 Å². The number of benzene rings is 2. The van der Waals surface area contributed by atoms with Gasteiger partial charge < -0.3 is 10.1 Å². The Morgan fingerprint density at radius 3 is 2.48 bits per heavy atom. The van der Waals surface area contributed by atoms with E-state index >= 15 is 0 Å². The number of hydrogen-bond acceptors (Lipinski definition) is 2. The Morgan fingerprint density at radius 1 is 1.10 bits per heavy atom. The van der Waals surface area contributed by atoms with Gasteiger partial charge in [0, 0.05) is 16.9 Å². The molecule has 1 unspecified atom stereocenters. The molecule has 2 nitrogen and oxygen atoms in total. The van der Waals surface area contributed by atoms with Gasteiger partial charge in [-0.15, -0.1) is 0 Å². The number of nitrogens with one attached hydrogen (secondary N) is 1. The highest BCUT2D eigenvalue weighted by Gasteiger charge is 2.15. The molecule has 2 rings (SSSR count). The molecule has 0 aliphatic heterocycles. The molecular formula is C17H19Br2NO.